The molecule has 2 aromatic carbocycles. The summed E-state index contributed by atoms with van der Waals surface area (Å²) in [6.07, 6.45) is 0.170. The number of ether oxygens (including phenoxy) is 2. The average Bonchev–Trinajstić information content (AvgIpc) is 3.42. The maximum absolute atomic E-state index is 12.8. The Bertz CT molecular complexity index is 1120. The number of amides is 2. The number of rotatable bonds is 3. The summed E-state index contributed by atoms with van der Waals surface area (Å²) in [6, 6.07) is 9.46. The second kappa shape index (κ2) is 6.73. The molecule has 29 heavy (non-hydrogen) atoms. The van der Waals surface area contributed by atoms with Crippen molar-refractivity contribution in [3.8, 4) is 11.5 Å². The lowest BCUT2D eigenvalue weighted by Crippen LogP contribution is -2.28. The topological polar surface area (TPSA) is 80.8 Å². The van der Waals surface area contributed by atoms with Crippen molar-refractivity contribution >= 4 is 44.2 Å². The van der Waals surface area contributed by atoms with Crippen molar-refractivity contribution in [1.29, 1.82) is 0 Å². The van der Waals surface area contributed by atoms with Crippen molar-refractivity contribution in [3.05, 3.63) is 41.5 Å². The molecule has 2 aliphatic heterocycles. The minimum Gasteiger partial charge on any atom is -0.454 e. The average molecular weight is 409 g/mol. The number of carbonyl (C=O) groups is 2. The van der Waals surface area contributed by atoms with E-state index >= 15 is 0 Å². The van der Waals surface area contributed by atoms with Crippen LogP contribution in [-0.2, 0) is 9.59 Å². The predicted octanol–water partition coefficient (Wildman–Crippen LogP) is 3.63. The summed E-state index contributed by atoms with van der Waals surface area (Å²) in [4.78, 5) is 31.5. The Morgan fingerprint density at radius 2 is 1.97 bits per heavy atom. The van der Waals surface area contributed by atoms with E-state index in [0.717, 1.165) is 21.3 Å². The number of fused-ring (bicyclic) bond motifs is 2. The van der Waals surface area contributed by atoms with Crippen LogP contribution in [-0.4, -0.2) is 30.1 Å². The lowest BCUT2D eigenvalue weighted by molar-refractivity contribution is -0.122. The monoisotopic (exact) mass is 409 g/mol. The number of hydrogen-bond donors (Lipinski definition) is 1. The smallest absolute Gasteiger partial charge is 0.231 e. The molecule has 0 unspecified atom stereocenters. The van der Waals surface area contributed by atoms with Crippen LogP contribution in [0.1, 0.15) is 17.5 Å². The number of hydrogen-bond acceptors (Lipinski definition) is 6. The van der Waals surface area contributed by atoms with E-state index < -0.39 is 5.92 Å². The Morgan fingerprint density at radius 3 is 2.79 bits per heavy atom. The van der Waals surface area contributed by atoms with E-state index in [1.54, 1.807) is 17.0 Å². The Labute approximate surface area is 171 Å². The van der Waals surface area contributed by atoms with Crippen molar-refractivity contribution in [2.24, 2.45) is 5.92 Å². The van der Waals surface area contributed by atoms with Gasteiger partial charge in [-0.1, -0.05) is 23.5 Å². The molecule has 2 amide bonds. The third-order valence-corrected chi connectivity index (χ3v) is 6.44. The highest BCUT2D eigenvalue weighted by Crippen LogP contribution is 2.37. The number of benzene rings is 2. The predicted molar refractivity (Wildman–Crippen MR) is 111 cm³/mol. The van der Waals surface area contributed by atoms with Gasteiger partial charge in [-0.2, -0.15) is 0 Å². The summed E-state index contributed by atoms with van der Waals surface area (Å²) in [5.74, 6) is 0.581. The molecule has 3 heterocycles. The van der Waals surface area contributed by atoms with Crippen LogP contribution in [0.5, 0.6) is 11.5 Å². The molecule has 2 aliphatic rings. The Hall–Kier alpha value is -3.13. The molecule has 1 saturated heterocycles. The molecule has 1 N–H and O–H groups in total. The van der Waals surface area contributed by atoms with Gasteiger partial charge in [0.1, 0.15) is 0 Å². The number of aromatic nitrogens is 1. The van der Waals surface area contributed by atoms with Crippen LogP contribution in [0, 0.1) is 19.8 Å². The molecule has 0 saturated carbocycles. The lowest BCUT2D eigenvalue weighted by Gasteiger charge is -2.17. The van der Waals surface area contributed by atoms with Gasteiger partial charge < -0.3 is 19.7 Å². The molecule has 3 aromatic rings. The third kappa shape index (κ3) is 3.09. The van der Waals surface area contributed by atoms with Gasteiger partial charge in [0.05, 0.1) is 16.1 Å². The number of nitrogens with one attached hydrogen (secondary N) is 1. The minimum atomic E-state index is -0.429. The summed E-state index contributed by atoms with van der Waals surface area (Å²) in [7, 11) is 0. The zero-order valence-corrected chi connectivity index (χ0v) is 16.8. The molecule has 0 spiro atoms. The van der Waals surface area contributed by atoms with Crippen LogP contribution in [0.15, 0.2) is 30.3 Å². The van der Waals surface area contributed by atoms with Gasteiger partial charge in [-0.05, 0) is 37.1 Å². The van der Waals surface area contributed by atoms with Gasteiger partial charge in [0, 0.05) is 24.7 Å². The van der Waals surface area contributed by atoms with Crippen molar-refractivity contribution in [3.63, 3.8) is 0 Å². The quantitative estimate of drug-likeness (QED) is 0.714. The molecular weight excluding hydrogens is 390 g/mol. The zero-order chi connectivity index (χ0) is 20.1. The van der Waals surface area contributed by atoms with Crippen molar-refractivity contribution in [1.82, 2.24) is 4.98 Å². The van der Waals surface area contributed by atoms with Crippen molar-refractivity contribution in [2.75, 3.05) is 23.6 Å². The number of nitrogens with zero attached hydrogens (tertiary/aromatic N) is 2. The maximum Gasteiger partial charge on any atom is 0.231 e. The van der Waals surface area contributed by atoms with E-state index in [4.69, 9.17) is 9.47 Å². The lowest BCUT2D eigenvalue weighted by atomic mass is 10.1. The molecule has 148 valence electrons. The van der Waals surface area contributed by atoms with E-state index in [9.17, 15) is 9.59 Å². The SMILES string of the molecule is Cc1ccc(C)c2sc(NC(=O)[C@@H]3CC(=O)N(c4ccc5c(c4)OCO5)C3)nc12. The van der Waals surface area contributed by atoms with Gasteiger partial charge in [-0.25, -0.2) is 4.98 Å². The van der Waals surface area contributed by atoms with Gasteiger partial charge in [-0.15, -0.1) is 0 Å². The van der Waals surface area contributed by atoms with Gasteiger partial charge in [-0.3, -0.25) is 9.59 Å². The largest absolute Gasteiger partial charge is 0.454 e. The molecule has 0 bridgehead atoms. The summed E-state index contributed by atoms with van der Waals surface area (Å²) in [5.41, 5.74) is 3.83. The summed E-state index contributed by atoms with van der Waals surface area (Å²) in [5, 5.41) is 3.47. The zero-order valence-electron chi connectivity index (χ0n) is 16.0. The minimum absolute atomic E-state index is 0.0833. The third-order valence-electron chi connectivity index (χ3n) is 5.34. The highest BCUT2D eigenvalue weighted by Gasteiger charge is 2.36. The number of thiazole rings is 1. The summed E-state index contributed by atoms with van der Waals surface area (Å²) < 4.78 is 11.8. The van der Waals surface area contributed by atoms with Gasteiger partial charge in [0.25, 0.3) is 0 Å². The maximum atomic E-state index is 12.8. The molecule has 5 rings (SSSR count). The van der Waals surface area contributed by atoms with E-state index in [1.807, 2.05) is 26.0 Å². The fourth-order valence-corrected chi connectivity index (χ4v) is 4.72. The van der Waals surface area contributed by atoms with Crippen LogP contribution in [0.3, 0.4) is 0 Å². The van der Waals surface area contributed by atoms with E-state index in [-0.39, 0.29) is 25.0 Å². The molecular formula is C21H19N3O4S. The number of anilines is 2. The Morgan fingerprint density at radius 1 is 1.17 bits per heavy atom. The Kier molecular flexibility index (Phi) is 4.16. The molecule has 1 fully saturated rings. The van der Waals surface area contributed by atoms with Gasteiger partial charge >= 0.3 is 0 Å². The first kappa shape index (κ1) is 17.9. The fraction of sp³-hybridized carbons (Fsp3) is 0.286. The first-order valence-corrected chi connectivity index (χ1v) is 10.2. The normalized spacial score (nSPS) is 17.9. The molecule has 7 nitrogen and oxygen atoms in total. The first-order valence-electron chi connectivity index (χ1n) is 9.37. The second-order valence-electron chi connectivity index (χ2n) is 7.33. The summed E-state index contributed by atoms with van der Waals surface area (Å²) in [6.45, 7) is 4.54. The Balaban J connectivity index is 1.33. The molecule has 1 aromatic heterocycles. The van der Waals surface area contributed by atoms with E-state index in [2.05, 4.69) is 16.4 Å². The van der Waals surface area contributed by atoms with Crippen LogP contribution in [0.2, 0.25) is 0 Å². The fourth-order valence-electron chi connectivity index (χ4n) is 3.71. The van der Waals surface area contributed by atoms with Crippen LogP contribution < -0.4 is 19.7 Å². The highest BCUT2D eigenvalue weighted by atomic mass is 32.1. The number of carbonyl (C=O) groups excluding carboxylic acids is 2. The van der Waals surface area contributed by atoms with Crippen LogP contribution >= 0.6 is 11.3 Å². The molecule has 1 atom stereocenters. The van der Waals surface area contributed by atoms with Crippen LogP contribution in [0.4, 0.5) is 10.8 Å². The first-order chi connectivity index (χ1) is 14.0. The van der Waals surface area contributed by atoms with E-state index in [1.165, 1.54) is 11.3 Å². The van der Waals surface area contributed by atoms with Crippen LogP contribution in [0.25, 0.3) is 10.2 Å². The van der Waals surface area contributed by atoms with Crippen molar-refractivity contribution in [2.45, 2.75) is 20.3 Å². The molecule has 0 radical (unpaired) electrons. The standard InChI is InChI=1S/C21H19N3O4S/c1-11-3-4-12(2)19-18(11)22-21(29-19)23-20(26)13-7-17(25)24(9-13)14-5-6-15-16(8-14)28-10-27-15/h3-6,8,13H,7,9-10H2,1-2H3,(H,22,23,26)/t13-/m1/s1. The molecule has 8 heteroatoms. The van der Waals surface area contributed by atoms with Gasteiger partial charge in [0.15, 0.2) is 16.6 Å². The number of aryl methyl sites for hydroxylation is 2. The summed E-state index contributed by atoms with van der Waals surface area (Å²) >= 11 is 1.46. The van der Waals surface area contributed by atoms with E-state index in [0.29, 0.717) is 28.9 Å². The van der Waals surface area contributed by atoms with Crippen molar-refractivity contribution < 1.29 is 19.1 Å². The second-order valence-corrected chi connectivity index (χ2v) is 8.33. The molecule has 0 aliphatic carbocycles. The van der Waals surface area contributed by atoms with Gasteiger partial charge in [0.2, 0.25) is 18.6 Å². The highest BCUT2D eigenvalue weighted by molar-refractivity contribution is 7.22.